The summed E-state index contributed by atoms with van der Waals surface area (Å²) in [5.41, 5.74) is 2.54. The molecular weight excluding hydrogens is 530 g/mol. The molecular formula is C26H27N3O7S2. The fraction of sp³-hybridized carbons (Fsp3) is 0.231. The lowest BCUT2D eigenvalue weighted by Crippen LogP contribution is -2.35. The zero-order chi connectivity index (χ0) is 27.3. The molecule has 0 saturated heterocycles. The Hall–Kier alpha value is -3.74. The minimum absolute atomic E-state index is 0.000317. The molecule has 1 amide bonds. The van der Waals surface area contributed by atoms with Gasteiger partial charge in [0.15, 0.2) is 6.61 Å². The van der Waals surface area contributed by atoms with Crippen molar-refractivity contribution in [2.75, 3.05) is 24.0 Å². The smallest absolute Gasteiger partial charge is 0.338 e. The Morgan fingerprint density at radius 3 is 2.24 bits per heavy atom. The molecule has 3 aromatic rings. The van der Waals surface area contributed by atoms with Crippen molar-refractivity contribution in [1.82, 2.24) is 5.32 Å². The Labute approximate surface area is 221 Å². The minimum atomic E-state index is -3.81. The summed E-state index contributed by atoms with van der Waals surface area (Å²) in [7, 11) is -7.57. The van der Waals surface area contributed by atoms with Crippen LogP contribution in [0.4, 0.5) is 5.69 Å². The molecule has 0 aromatic heterocycles. The molecule has 0 spiro atoms. The molecule has 1 aliphatic heterocycles. The predicted molar refractivity (Wildman–Crippen MR) is 141 cm³/mol. The van der Waals surface area contributed by atoms with Gasteiger partial charge in [-0.05, 0) is 72.9 Å². The molecule has 10 nitrogen and oxygen atoms in total. The quantitative estimate of drug-likeness (QED) is 0.382. The van der Waals surface area contributed by atoms with Crippen molar-refractivity contribution >= 4 is 37.6 Å². The van der Waals surface area contributed by atoms with E-state index >= 15 is 0 Å². The number of rotatable bonds is 9. The molecule has 0 fully saturated rings. The van der Waals surface area contributed by atoms with Gasteiger partial charge >= 0.3 is 5.97 Å². The number of fused-ring (bicyclic) bond motifs is 1. The highest BCUT2D eigenvalue weighted by Gasteiger charge is 2.29. The molecule has 0 unspecified atom stereocenters. The van der Waals surface area contributed by atoms with Gasteiger partial charge in [0.2, 0.25) is 10.0 Å². The second-order valence-electron chi connectivity index (χ2n) is 8.70. The number of benzene rings is 3. The monoisotopic (exact) mass is 557 g/mol. The van der Waals surface area contributed by atoms with Crippen LogP contribution >= 0.6 is 0 Å². The van der Waals surface area contributed by atoms with E-state index in [0.29, 0.717) is 25.1 Å². The van der Waals surface area contributed by atoms with Gasteiger partial charge in [-0.25, -0.2) is 26.8 Å². The number of nitrogens with one attached hydrogen (secondary N) is 1. The predicted octanol–water partition coefficient (Wildman–Crippen LogP) is 1.99. The number of para-hydroxylation sites is 1. The number of primary sulfonamides is 1. The van der Waals surface area contributed by atoms with E-state index in [1.54, 1.807) is 24.3 Å². The zero-order valence-corrected chi connectivity index (χ0v) is 22.0. The SMILES string of the molecule is NS(=O)(=O)c1ccc(CCNC(=O)COC(=O)c2ccc(S(=O)(=O)N3CCCc4ccccc43)cc2)cc1. The summed E-state index contributed by atoms with van der Waals surface area (Å²) < 4.78 is 55.5. The van der Waals surface area contributed by atoms with Crippen LogP contribution in [0.3, 0.4) is 0 Å². The van der Waals surface area contributed by atoms with Gasteiger partial charge in [-0.3, -0.25) is 9.10 Å². The molecule has 200 valence electrons. The number of aryl methyl sites for hydroxylation is 1. The largest absolute Gasteiger partial charge is 0.452 e. The van der Waals surface area contributed by atoms with E-state index in [1.165, 1.54) is 40.7 Å². The highest BCUT2D eigenvalue weighted by molar-refractivity contribution is 7.92. The summed E-state index contributed by atoms with van der Waals surface area (Å²) in [4.78, 5) is 24.5. The average Bonchev–Trinajstić information content (AvgIpc) is 2.91. The van der Waals surface area contributed by atoms with E-state index in [9.17, 15) is 26.4 Å². The molecule has 38 heavy (non-hydrogen) atoms. The highest BCUT2D eigenvalue weighted by atomic mass is 32.2. The Morgan fingerprint density at radius 1 is 0.895 bits per heavy atom. The van der Waals surface area contributed by atoms with Crippen molar-refractivity contribution in [3.8, 4) is 0 Å². The van der Waals surface area contributed by atoms with Gasteiger partial charge in [0.05, 0.1) is 21.0 Å². The Kier molecular flexibility index (Phi) is 8.14. The lowest BCUT2D eigenvalue weighted by molar-refractivity contribution is -0.124. The van der Waals surface area contributed by atoms with Gasteiger partial charge in [-0.15, -0.1) is 0 Å². The minimum Gasteiger partial charge on any atom is -0.452 e. The van der Waals surface area contributed by atoms with Crippen molar-refractivity contribution < 1.29 is 31.2 Å². The van der Waals surface area contributed by atoms with Crippen molar-refractivity contribution in [3.05, 3.63) is 89.5 Å². The van der Waals surface area contributed by atoms with Crippen LogP contribution in [0.15, 0.2) is 82.6 Å². The molecule has 0 saturated carbocycles. The molecule has 0 atom stereocenters. The van der Waals surface area contributed by atoms with Gasteiger partial charge in [0.1, 0.15) is 0 Å². The number of nitrogens with two attached hydrogens (primary N) is 1. The first-order valence-corrected chi connectivity index (χ1v) is 14.8. The van der Waals surface area contributed by atoms with Crippen LogP contribution in [-0.4, -0.2) is 48.4 Å². The number of ether oxygens (including phenoxy) is 1. The van der Waals surface area contributed by atoms with E-state index in [4.69, 9.17) is 9.88 Å². The number of carbonyl (C=O) groups is 2. The summed E-state index contributed by atoms with van der Waals surface area (Å²) in [6.45, 7) is 0.115. The molecule has 12 heteroatoms. The maximum atomic E-state index is 13.2. The first-order valence-electron chi connectivity index (χ1n) is 11.8. The fourth-order valence-electron chi connectivity index (χ4n) is 4.10. The average molecular weight is 558 g/mol. The normalized spacial score (nSPS) is 13.4. The Balaban J connectivity index is 1.28. The molecule has 1 aliphatic rings. The van der Waals surface area contributed by atoms with Gasteiger partial charge in [0, 0.05) is 13.1 Å². The van der Waals surface area contributed by atoms with Crippen molar-refractivity contribution in [2.45, 2.75) is 29.1 Å². The van der Waals surface area contributed by atoms with Gasteiger partial charge in [-0.2, -0.15) is 0 Å². The van der Waals surface area contributed by atoms with Gasteiger partial charge < -0.3 is 10.1 Å². The van der Waals surface area contributed by atoms with E-state index in [1.807, 2.05) is 12.1 Å². The Morgan fingerprint density at radius 2 is 1.55 bits per heavy atom. The number of amides is 1. The third-order valence-electron chi connectivity index (χ3n) is 6.07. The summed E-state index contributed by atoms with van der Waals surface area (Å²) in [5, 5.41) is 7.68. The van der Waals surface area contributed by atoms with E-state index in [0.717, 1.165) is 17.5 Å². The maximum Gasteiger partial charge on any atom is 0.338 e. The van der Waals surface area contributed by atoms with Crippen LogP contribution in [0.1, 0.15) is 27.9 Å². The topological polar surface area (TPSA) is 153 Å². The van der Waals surface area contributed by atoms with Crippen LogP contribution < -0.4 is 14.8 Å². The number of sulfonamides is 2. The first-order chi connectivity index (χ1) is 18.1. The molecule has 1 heterocycles. The van der Waals surface area contributed by atoms with Crippen molar-refractivity contribution in [2.24, 2.45) is 5.14 Å². The lowest BCUT2D eigenvalue weighted by Gasteiger charge is -2.30. The van der Waals surface area contributed by atoms with Crippen LogP contribution in [0, 0.1) is 0 Å². The third-order valence-corrected chi connectivity index (χ3v) is 8.82. The number of carbonyl (C=O) groups excluding carboxylic acids is 2. The van der Waals surface area contributed by atoms with Crippen LogP contribution in [-0.2, 0) is 42.4 Å². The standard InChI is InChI=1S/C26H27N3O7S2/c27-37(32,33)22-11-7-19(8-12-22)15-16-28-25(30)18-36-26(31)21-9-13-23(14-10-21)38(34,35)29-17-3-5-20-4-1-2-6-24(20)29/h1-2,4,6-14H,3,5,15-18H2,(H,28,30)(H2,27,32,33). The number of nitrogens with zero attached hydrogens (tertiary/aromatic N) is 1. The van der Waals surface area contributed by atoms with Gasteiger partial charge in [0.25, 0.3) is 15.9 Å². The summed E-state index contributed by atoms with van der Waals surface area (Å²) >= 11 is 0. The molecule has 3 aromatic carbocycles. The molecule has 4 rings (SSSR count). The van der Waals surface area contributed by atoms with E-state index in [-0.39, 0.29) is 21.9 Å². The molecule has 3 N–H and O–H groups in total. The van der Waals surface area contributed by atoms with Crippen molar-refractivity contribution in [3.63, 3.8) is 0 Å². The number of anilines is 1. The lowest BCUT2D eigenvalue weighted by atomic mass is 10.0. The first kappa shape index (κ1) is 27.3. The molecule has 0 aliphatic carbocycles. The number of esters is 1. The fourth-order valence-corrected chi connectivity index (χ4v) is 6.15. The third kappa shape index (κ3) is 6.39. The molecule has 0 bridgehead atoms. The molecule has 0 radical (unpaired) electrons. The zero-order valence-electron chi connectivity index (χ0n) is 20.4. The second kappa shape index (κ2) is 11.3. The summed E-state index contributed by atoms with van der Waals surface area (Å²) in [6, 6.07) is 18.8. The van der Waals surface area contributed by atoms with Crippen LogP contribution in [0.5, 0.6) is 0 Å². The summed E-state index contributed by atoms with van der Waals surface area (Å²) in [5.74, 6) is -1.27. The van der Waals surface area contributed by atoms with E-state index in [2.05, 4.69) is 5.32 Å². The number of hydrogen-bond donors (Lipinski definition) is 2. The highest BCUT2D eigenvalue weighted by Crippen LogP contribution is 2.31. The summed E-state index contributed by atoms with van der Waals surface area (Å²) in [6.07, 6.45) is 1.96. The van der Waals surface area contributed by atoms with Crippen LogP contribution in [0.25, 0.3) is 0 Å². The Bertz CT molecular complexity index is 1540. The number of hydrogen-bond acceptors (Lipinski definition) is 7. The van der Waals surface area contributed by atoms with Crippen molar-refractivity contribution in [1.29, 1.82) is 0 Å². The van der Waals surface area contributed by atoms with Crippen LogP contribution in [0.2, 0.25) is 0 Å². The van der Waals surface area contributed by atoms with Gasteiger partial charge in [-0.1, -0.05) is 30.3 Å². The maximum absolute atomic E-state index is 13.2. The second-order valence-corrected chi connectivity index (χ2v) is 12.1. The van der Waals surface area contributed by atoms with E-state index < -0.39 is 38.5 Å².